The van der Waals surface area contributed by atoms with Gasteiger partial charge >= 0.3 is 0 Å². The number of carbonyl (C=O) groups is 1. The van der Waals surface area contributed by atoms with Crippen molar-refractivity contribution in [1.29, 1.82) is 0 Å². The molecule has 5 nitrogen and oxygen atoms in total. The van der Waals surface area contributed by atoms with E-state index in [4.69, 9.17) is 21.8 Å². The molecule has 2 N–H and O–H groups in total. The SMILES string of the molecule is C[C@@H](c1ccccc1Cl)N1CCN(C(=O)c2ccc(CN)o2)CC1. The van der Waals surface area contributed by atoms with Crippen LogP contribution in [0.2, 0.25) is 5.02 Å². The Balaban J connectivity index is 1.61. The third-order valence-corrected chi connectivity index (χ3v) is 4.92. The summed E-state index contributed by atoms with van der Waals surface area (Å²) in [5.74, 6) is 0.923. The van der Waals surface area contributed by atoms with Crippen LogP contribution in [0.25, 0.3) is 0 Å². The smallest absolute Gasteiger partial charge is 0.289 e. The standard InChI is InChI=1S/C18H22ClN3O2/c1-13(15-4-2-3-5-16(15)19)21-8-10-22(11-9-21)18(23)17-7-6-14(12-20)24-17/h2-7,13H,8-12,20H2,1H3/t13-/m0/s1. The lowest BCUT2D eigenvalue weighted by molar-refractivity contribution is 0.0551. The first-order valence-corrected chi connectivity index (χ1v) is 8.54. The van der Waals surface area contributed by atoms with Gasteiger partial charge in [-0.2, -0.15) is 0 Å². The maximum atomic E-state index is 12.5. The summed E-state index contributed by atoms with van der Waals surface area (Å²) in [4.78, 5) is 16.7. The fourth-order valence-electron chi connectivity index (χ4n) is 3.08. The highest BCUT2D eigenvalue weighted by Gasteiger charge is 2.27. The Kier molecular flexibility index (Phi) is 5.23. The average Bonchev–Trinajstić information content (AvgIpc) is 3.10. The van der Waals surface area contributed by atoms with Gasteiger partial charge in [-0.1, -0.05) is 29.8 Å². The van der Waals surface area contributed by atoms with Crippen LogP contribution in [-0.2, 0) is 6.54 Å². The minimum atomic E-state index is -0.0697. The molecule has 3 rings (SSSR count). The largest absolute Gasteiger partial charge is 0.455 e. The number of nitrogens with zero attached hydrogens (tertiary/aromatic N) is 2. The predicted molar refractivity (Wildman–Crippen MR) is 93.9 cm³/mol. The van der Waals surface area contributed by atoms with E-state index in [1.54, 1.807) is 12.1 Å². The van der Waals surface area contributed by atoms with Gasteiger partial charge in [0.05, 0.1) is 6.54 Å². The van der Waals surface area contributed by atoms with Crippen LogP contribution in [0.5, 0.6) is 0 Å². The third kappa shape index (κ3) is 3.48. The van der Waals surface area contributed by atoms with Crippen molar-refractivity contribution >= 4 is 17.5 Å². The van der Waals surface area contributed by atoms with E-state index in [0.717, 1.165) is 23.7 Å². The van der Waals surface area contributed by atoms with Crippen LogP contribution in [0.3, 0.4) is 0 Å². The molecule has 24 heavy (non-hydrogen) atoms. The second-order valence-electron chi connectivity index (χ2n) is 6.00. The van der Waals surface area contributed by atoms with E-state index in [2.05, 4.69) is 17.9 Å². The first-order valence-electron chi connectivity index (χ1n) is 8.16. The zero-order valence-electron chi connectivity index (χ0n) is 13.7. The van der Waals surface area contributed by atoms with Gasteiger partial charge in [0.2, 0.25) is 0 Å². The highest BCUT2D eigenvalue weighted by atomic mass is 35.5. The van der Waals surface area contributed by atoms with Gasteiger partial charge in [-0.25, -0.2) is 0 Å². The molecule has 0 radical (unpaired) electrons. The number of piperazine rings is 1. The number of hydrogen-bond acceptors (Lipinski definition) is 4. The van der Waals surface area contributed by atoms with Crippen LogP contribution in [0.1, 0.15) is 34.8 Å². The summed E-state index contributed by atoms with van der Waals surface area (Å²) in [5, 5.41) is 0.786. The molecule has 1 fully saturated rings. The number of amides is 1. The van der Waals surface area contributed by atoms with E-state index in [1.807, 2.05) is 23.1 Å². The summed E-state index contributed by atoms with van der Waals surface area (Å²) in [5.41, 5.74) is 6.65. The fourth-order valence-corrected chi connectivity index (χ4v) is 3.37. The van der Waals surface area contributed by atoms with E-state index in [1.165, 1.54) is 0 Å². The summed E-state index contributed by atoms with van der Waals surface area (Å²) < 4.78 is 5.46. The molecule has 1 amide bonds. The second-order valence-corrected chi connectivity index (χ2v) is 6.40. The Hall–Kier alpha value is -1.82. The lowest BCUT2D eigenvalue weighted by Gasteiger charge is -2.38. The molecule has 1 aliphatic heterocycles. The summed E-state index contributed by atoms with van der Waals surface area (Å²) in [7, 11) is 0. The van der Waals surface area contributed by atoms with Gasteiger partial charge in [0.1, 0.15) is 5.76 Å². The molecule has 6 heteroatoms. The molecule has 1 atom stereocenters. The van der Waals surface area contributed by atoms with Gasteiger partial charge in [0.15, 0.2) is 5.76 Å². The quantitative estimate of drug-likeness (QED) is 0.923. The number of halogens is 1. The van der Waals surface area contributed by atoms with E-state index < -0.39 is 0 Å². The van der Waals surface area contributed by atoms with Gasteiger partial charge < -0.3 is 15.1 Å². The number of hydrogen-bond donors (Lipinski definition) is 1. The predicted octanol–water partition coefficient (Wildman–Crippen LogP) is 2.91. The molecule has 2 aromatic rings. The monoisotopic (exact) mass is 347 g/mol. The molecule has 1 aromatic carbocycles. The van der Waals surface area contributed by atoms with Gasteiger partial charge in [-0.05, 0) is 30.7 Å². The summed E-state index contributed by atoms with van der Waals surface area (Å²) >= 11 is 6.30. The lowest BCUT2D eigenvalue weighted by atomic mass is 10.1. The number of carbonyl (C=O) groups excluding carboxylic acids is 1. The van der Waals surface area contributed by atoms with E-state index in [0.29, 0.717) is 31.2 Å². The van der Waals surface area contributed by atoms with E-state index >= 15 is 0 Å². The van der Waals surface area contributed by atoms with Gasteiger partial charge in [0.25, 0.3) is 5.91 Å². The molecule has 1 aliphatic rings. The average molecular weight is 348 g/mol. The Bertz CT molecular complexity index is 708. The highest BCUT2D eigenvalue weighted by Crippen LogP contribution is 2.28. The van der Waals surface area contributed by atoms with E-state index in [-0.39, 0.29) is 11.9 Å². The molecule has 0 unspecified atom stereocenters. The first-order chi connectivity index (χ1) is 11.6. The number of rotatable bonds is 4. The molecule has 2 heterocycles. The molecule has 0 spiro atoms. The maximum Gasteiger partial charge on any atom is 0.289 e. The van der Waals surface area contributed by atoms with Crippen LogP contribution in [0.4, 0.5) is 0 Å². The molecular formula is C18H22ClN3O2. The minimum Gasteiger partial charge on any atom is -0.455 e. The van der Waals surface area contributed by atoms with Gasteiger partial charge in [-0.15, -0.1) is 0 Å². The molecular weight excluding hydrogens is 326 g/mol. The summed E-state index contributed by atoms with van der Waals surface area (Å²) in [6, 6.07) is 11.6. The van der Waals surface area contributed by atoms with Crippen LogP contribution < -0.4 is 5.73 Å². The fraction of sp³-hybridized carbons (Fsp3) is 0.389. The van der Waals surface area contributed by atoms with Crippen molar-refractivity contribution < 1.29 is 9.21 Å². The zero-order chi connectivity index (χ0) is 17.1. The molecule has 1 aromatic heterocycles. The molecule has 0 bridgehead atoms. The lowest BCUT2D eigenvalue weighted by Crippen LogP contribution is -2.49. The number of furan rings is 1. The van der Waals surface area contributed by atoms with Crippen LogP contribution >= 0.6 is 11.6 Å². The van der Waals surface area contributed by atoms with Crippen molar-refractivity contribution in [3.05, 3.63) is 58.5 Å². The normalized spacial score (nSPS) is 17.0. The first kappa shape index (κ1) is 17.0. The van der Waals surface area contributed by atoms with Crippen molar-refractivity contribution in [2.45, 2.75) is 19.5 Å². The Morgan fingerprint density at radius 3 is 2.54 bits per heavy atom. The van der Waals surface area contributed by atoms with Gasteiger partial charge in [0, 0.05) is 37.2 Å². The van der Waals surface area contributed by atoms with Crippen LogP contribution in [-0.4, -0.2) is 41.9 Å². The number of nitrogens with two attached hydrogens (primary N) is 1. The maximum absolute atomic E-state index is 12.5. The summed E-state index contributed by atoms with van der Waals surface area (Å²) in [6.45, 7) is 5.42. The van der Waals surface area contributed by atoms with Crippen molar-refractivity contribution in [3.63, 3.8) is 0 Å². The topological polar surface area (TPSA) is 62.7 Å². The van der Waals surface area contributed by atoms with Crippen molar-refractivity contribution in [3.8, 4) is 0 Å². The molecule has 0 aliphatic carbocycles. The van der Waals surface area contributed by atoms with Gasteiger partial charge in [-0.3, -0.25) is 9.69 Å². The highest BCUT2D eigenvalue weighted by molar-refractivity contribution is 6.31. The summed E-state index contributed by atoms with van der Waals surface area (Å²) in [6.07, 6.45) is 0. The Morgan fingerprint density at radius 2 is 1.92 bits per heavy atom. The zero-order valence-corrected chi connectivity index (χ0v) is 14.5. The Labute approximate surface area is 147 Å². The van der Waals surface area contributed by atoms with Crippen molar-refractivity contribution in [2.24, 2.45) is 5.73 Å². The minimum absolute atomic E-state index is 0.0697. The van der Waals surface area contributed by atoms with E-state index in [9.17, 15) is 4.79 Å². The third-order valence-electron chi connectivity index (χ3n) is 4.58. The Morgan fingerprint density at radius 1 is 1.21 bits per heavy atom. The van der Waals surface area contributed by atoms with Crippen molar-refractivity contribution in [1.82, 2.24) is 9.80 Å². The molecule has 128 valence electrons. The van der Waals surface area contributed by atoms with Crippen molar-refractivity contribution in [2.75, 3.05) is 26.2 Å². The van der Waals surface area contributed by atoms with Crippen LogP contribution in [0, 0.1) is 0 Å². The number of benzene rings is 1. The molecule has 0 saturated carbocycles. The van der Waals surface area contributed by atoms with Crippen LogP contribution in [0.15, 0.2) is 40.8 Å². The molecule has 1 saturated heterocycles. The second kappa shape index (κ2) is 7.38.